The van der Waals surface area contributed by atoms with Crippen LogP contribution in [0.4, 0.5) is 0 Å². The van der Waals surface area contributed by atoms with E-state index in [2.05, 4.69) is 5.32 Å². The van der Waals surface area contributed by atoms with Gasteiger partial charge in [0.1, 0.15) is 6.04 Å². The van der Waals surface area contributed by atoms with Crippen LogP contribution >= 0.6 is 0 Å². The second kappa shape index (κ2) is 5.87. The summed E-state index contributed by atoms with van der Waals surface area (Å²) >= 11 is 0. The SMILES string of the molecule is NCC[C@H](NC(=O)c1ccccc1)C(=O)O. The average molecular weight is 222 g/mol. The van der Waals surface area contributed by atoms with Gasteiger partial charge in [0.05, 0.1) is 0 Å². The van der Waals surface area contributed by atoms with Gasteiger partial charge in [-0.05, 0) is 25.1 Å². The molecule has 1 atom stereocenters. The second-order valence-electron chi connectivity index (χ2n) is 3.31. The molecule has 86 valence electrons. The zero-order valence-corrected chi connectivity index (χ0v) is 8.72. The molecule has 0 aliphatic carbocycles. The molecular weight excluding hydrogens is 208 g/mol. The Bertz CT molecular complexity index is 365. The first-order chi connectivity index (χ1) is 7.65. The van der Waals surface area contributed by atoms with Crippen molar-refractivity contribution in [1.82, 2.24) is 5.32 Å². The zero-order chi connectivity index (χ0) is 12.0. The number of carbonyl (C=O) groups is 2. The van der Waals surface area contributed by atoms with E-state index in [1.807, 2.05) is 0 Å². The number of carboxylic acids is 1. The summed E-state index contributed by atoms with van der Waals surface area (Å²) in [7, 11) is 0. The normalized spacial score (nSPS) is 11.8. The number of hydrogen-bond donors (Lipinski definition) is 3. The zero-order valence-electron chi connectivity index (χ0n) is 8.72. The number of amides is 1. The maximum absolute atomic E-state index is 11.6. The summed E-state index contributed by atoms with van der Waals surface area (Å²) in [5.41, 5.74) is 5.70. The van der Waals surface area contributed by atoms with Crippen LogP contribution < -0.4 is 11.1 Å². The fraction of sp³-hybridized carbons (Fsp3) is 0.273. The van der Waals surface area contributed by atoms with Crippen LogP contribution in [0.3, 0.4) is 0 Å². The molecule has 5 nitrogen and oxygen atoms in total. The van der Waals surface area contributed by atoms with Crippen molar-refractivity contribution in [1.29, 1.82) is 0 Å². The Morgan fingerprint density at radius 1 is 1.31 bits per heavy atom. The molecule has 16 heavy (non-hydrogen) atoms. The lowest BCUT2D eigenvalue weighted by Crippen LogP contribution is -2.42. The Morgan fingerprint density at radius 3 is 2.44 bits per heavy atom. The summed E-state index contributed by atoms with van der Waals surface area (Å²) in [4.78, 5) is 22.4. The lowest BCUT2D eigenvalue weighted by Gasteiger charge is -2.13. The Morgan fingerprint density at radius 2 is 1.94 bits per heavy atom. The van der Waals surface area contributed by atoms with Gasteiger partial charge in [0.15, 0.2) is 0 Å². The molecule has 0 aromatic heterocycles. The van der Waals surface area contributed by atoms with Crippen molar-refractivity contribution in [3.05, 3.63) is 35.9 Å². The van der Waals surface area contributed by atoms with Crippen molar-refractivity contribution >= 4 is 11.9 Å². The number of rotatable bonds is 5. The molecule has 0 saturated heterocycles. The predicted octanol–water partition coefficient (Wildman–Crippen LogP) is 0.218. The number of nitrogens with two attached hydrogens (primary N) is 1. The Balaban J connectivity index is 2.65. The fourth-order valence-corrected chi connectivity index (χ4v) is 1.26. The van der Waals surface area contributed by atoms with Crippen molar-refractivity contribution < 1.29 is 14.7 Å². The first kappa shape index (κ1) is 12.2. The molecule has 1 amide bonds. The highest BCUT2D eigenvalue weighted by Crippen LogP contribution is 2.00. The molecule has 1 rings (SSSR count). The van der Waals surface area contributed by atoms with Crippen LogP contribution in [-0.4, -0.2) is 29.6 Å². The lowest BCUT2D eigenvalue weighted by atomic mass is 10.1. The van der Waals surface area contributed by atoms with Gasteiger partial charge < -0.3 is 16.2 Å². The third-order valence-corrected chi connectivity index (χ3v) is 2.09. The van der Waals surface area contributed by atoms with Crippen LogP contribution in [0.5, 0.6) is 0 Å². The quantitative estimate of drug-likeness (QED) is 0.664. The smallest absolute Gasteiger partial charge is 0.326 e. The van der Waals surface area contributed by atoms with Gasteiger partial charge in [-0.25, -0.2) is 4.79 Å². The highest BCUT2D eigenvalue weighted by molar-refractivity contribution is 5.96. The minimum atomic E-state index is -1.07. The van der Waals surface area contributed by atoms with Gasteiger partial charge in [-0.2, -0.15) is 0 Å². The fourth-order valence-electron chi connectivity index (χ4n) is 1.26. The van der Waals surface area contributed by atoms with E-state index in [-0.39, 0.29) is 13.0 Å². The molecule has 0 fully saturated rings. The van der Waals surface area contributed by atoms with Gasteiger partial charge in [0.25, 0.3) is 5.91 Å². The van der Waals surface area contributed by atoms with E-state index in [1.165, 1.54) is 0 Å². The van der Waals surface area contributed by atoms with Gasteiger partial charge >= 0.3 is 5.97 Å². The van der Waals surface area contributed by atoms with E-state index in [1.54, 1.807) is 30.3 Å². The largest absolute Gasteiger partial charge is 0.480 e. The average Bonchev–Trinajstić information content (AvgIpc) is 2.29. The van der Waals surface area contributed by atoms with E-state index in [0.29, 0.717) is 5.56 Å². The number of carboxylic acid groups (broad SMARTS) is 1. The summed E-state index contributed by atoms with van der Waals surface area (Å²) in [6.45, 7) is 0.214. The third kappa shape index (κ3) is 3.36. The third-order valence-electron chi connectivity index (χ3n) is 2.09. The van der Waals surface area contributed by atoms with E-state index >= 15 is 0 Å². The standard InChI is InChI=1S/C11H14N2O3/c12-7-6-9(11(15)16)13-10(14)8-4-2-1-3-5-8/h1-5,9H,6-7,12H2,(H,13,14)(H,15,16)/t9-/m0/s1. The number of carbonyl (C=O) groups excluding carboxylic acids is 1. The Labute approximate surface area is 93.3 Å². The van der Waals surface area contributed by atoms with Crippen LogP contribution in [0.1, 0.15) is 16.8 Å². The van der Waals surface area contributed by atoms with Crippen molar-refractivity contribution in [2.24, 2.45) is 5.73 Å². The van der Waals surface area contributed by atoms with Crippen LogP contribution in [0.15, 0.2) is 30.3 Å². The number of hydrogen-bond acceptors (Lipinski definition) is 3. The second-order valence-corrected chi connectivity index (χ2v) is 3.31. The monoisotopic (exact) mass is 222 g/mol. The maximum atomic E-state index is 11.6. The van der Waals surface area contributed by atoms with Gasteiger partial charge in [-0.1, -0.05) is 18.2 Å². The first-order valence-corrected chi connectivity index (χ1v) is 4.94. The van der Waals surface area contributed by atoms with Gasteiger partial charge in [-0.3, -0.25) is 4.79 Å². The molecule has 5 heteroatoms. The number of aliphatic carboxylic acids is 1. The Kier molecular flexibility index (Phi) is 4.47. The van der Waals surface area contributed by atoms with E-state index in [4.69, 9.17) is 10.8 Å². The van der Waals surface area contributed by atoms with Gasteiger partial charge in [0, 0.05) is 5.56 Å². The molecule has 0 spiro atoms. The minimum absolute atomic E-state index is 0.214. The van der Waals surface area contributed by atoms with Crippen molar-refractivity contribution in [3.8, 4) is 0 Å². The van der Waals surface area contributed by atoms with E-state index in [9.17, 15) is 9.59 Å². The van der Waals surface area contributed by atoms with Crippen LogP contribution in [-0.2, 0) is 4.79 Å². The van der Waals surface area contributed by atoms with Crippen molar-refractivity contribution in [2.45, 2.75) is 12.5 Å². The molecule has 0 saturated carbocycles. The molecule has 4 N–H and O–H groups in total. The van der Waals surface area contributed by atoms with Crippen molar-refractivity contribution in [2.75, 3.05) is 6.54 Å². The molecule has 0 bridgehead atoms. The minimum Gasteiger partial charge on any atom is -0.480 e. The molecular formula is C11H14N2O3. The van der Waals surface area contributed by atoms with Crippen LogP contribution in [0.25, 0.3) is 0 Å². The molecule has 1 aromatic rings. The van der Waals surface area contributed by atoms with E-state index in [0.717, 1.165) is 0 Å². The number of benzene rings is 1. The maximum Gasteiger partial charge on any atom is 0.326 e. The van der Waals surface area contributed by atoms with Crippen molar-refractivity contribution in [3.63, 3.8) is 0 Å². The Hall–Kier alpha value is -1.88. The summed E-state index contributed by atoms with van der Waals surface area (Å²) in [6, 6.07) is 7.53. The summed E-state index contributed by atoms with van der Waals surface area (Å²) < 4.78 is 0. The number of nitrogens with one attached hydrogen (secondary N) is 1. The molecule has 0 aliphatic heterocycles. The molecule has 1 aromatic carbocycles. The predicted molar refractivity (Wildman–Crippen MR) is 59.0 cm³/mol. The first-order valence-electron chi connectivity index (χ1n) is 4.94. The summed E-state index contributed by atoms with van der Waals surface area (Å²) in [6.07, 6.45) is 0.216. The molecule has 0 aliphatic rings. The van der Waals surface area contributed by atoms with E-state index < -0.39 is 17.9 Å². The molecule has 0 radical (unpaired) electrons. The summed E-state index contributed by atoms with van der Waals surface area (Å²) in [5, 5.41) is 11.2. The summed E-state index contributed by atoms with van der Waals surface area (Å²) in [5.74, 6) is -1.48. The molecule has 0 heterocycles. The molecule has 0 unspecified atom stereocenters. The van der Waals surface area contributed by atoms with Gasteiger partial charge in [-0.15, -0.1) is 0 Å². The highest BCUT2D eigenvalue weighted by Gasteiger charge is 2.19. The van der Waals surface area contributed by atoms with Crippen LogP contribution in [0.2, 0.25) is 0 Å². The van der Waals surface area contributed by atoms with Gasteiger partial charge in [0.2, 0.25) is 0 Å². The highest BCUT2D eigenvalue weighted by atomic mass is 16.4. The van der Waals surface area contributed by atoms with Crippen LogP contribution in [0, 0.1) is 0 Å². The topological polar surface area (TPSA) is 92.4 Å². The lowest BCUT2D eigenvalue weighted by molar-refractivity contribution is -0.139.